The van der Waals surface area contributed by atoms with Crippen LogP contribution in [-0.4, -0.2) is 19.5 Å². The summed E-state index contributed by atoms with van der Waals surface area (Å²) >= 11 is 3.62. The van der Waals surface area contributed by atoms with Crippen LogP contribution in [0.4, 0.5) is 0 Å². The molecule has 4 nitrogen and oxygen atoms in total. The van der Waals surface area contributed by atoms with Crippen molar-refractivity contribution in [3.63, 3.8) is 0 Å². The number of aromatic nitrogens is 4. The van der Waals surface area contributed by atoms with Crippen LogP contribution in [0.1, 0.15) is 29.3 Å². The zero-order valence-electron chi connectivity index (χ0n) is 47.2. The zero-order valence-corrected chi connectivity index (χ0v) is 48.8. The van der Waals surface area contributed by atoms with E-state index >= 15 is 0 Å². The molecule has 0 bridgehead atoms. The van der Waals surface area contributed by atoms with Crippen LogP contribution in [-0.2, 0) is 0 Å². The van der Waals surface area contributed by atoms with Crippen molar-refractivity contribution in [1.82, 2.24) is 19.5 Å². The van der Waals surface area contributed by atoms with E-state index in [2.05, 4.69) is 302 Å². The van der Waals surface area contributed by atoms with Crippen molar-refractivity contribution in [2.24, 2.45) is 0 Å². The van der Waals surface area contributed by atoms with Gasteiger partial charge in [0.2, 0.25) is 0 Å². The summed E-state index contributed by atoms with van der Waals surface area (Å²) in [6.07, 6.45) is 3.02. The molecule has 1 aliphatic carbocycles. The van der Waals surface area contributed by atoms with Crippen LogP contribution in [0.15, 0.2) is 297 Å². The van der Waals surface area contributed by atoms with Crippen LogP contribution in [0, 0.1) is 0 Å². The quantitative estimate of drug-likeness (QED) is 0.137. The SMILES string of the molecule is C1=C(c2nc(-c3ccc4c(c3)sc3ccccc34)nc(-c3ccc4c(c3)sc3ccccc34)n2)CC(c2ccccc2)C(n2c3cc(-c4ccccc4)c(-c4ccccc4)cc3c3cc(-c4ccccc4)c(-c4ccccc4)cc32)=C1c1ccccc1. The third kappa shape index (κ3) is 8.91. The Labute approximate surface area is 511 Å². The molecular weight excluding hydrogens is 1090 g/mol. The van der Waals surface area contributed by atoms with Gasteiger partial charge in [0.25, 0.3) is 0 Å². The molecular formula is C81H52N4S2. The molecule has 87 heavy (non-hydrogen) atoms. The topological polar surface area (TPSA) is 43.6 Å². The van der Waals surface area contributed by atoms with Gasteiger partial charge in [-0.2, -0.15) is 0 Å². The van der Waals surface area contributed by atoms with Crippen molar-refractivity contribution in [2.75, 3.05) is 0 Å². The molecule has 16 aromatic rings. The normalized spacial score (nSPS) is 13.6. The van der Waals surface area contributed by atoms with Crippen molar-refractivity contribution in [2.45, 2.75) is 12.3 Å². The molecule has 0 saturated heterocycles. The van der Waals surface area contributed by atoms with Crippen LogP contribution in [0.25, 0.3) is 146 Å². The van der Waals surface area contributed by atoms with Gasteiger partial charge < -0.3 is 4.57 Å². The number of fused-ring (bicyclic) bond motifs is 9. The summed E-state index contributed by atoms with van der Waals surface area (Å²) in [7, 11) is 0. The van der Waals surface area contributed by atoms with Gasteiger partial charge in [0, 0.05) is 79.4 Å². The summed E-state index contributed by atoms with van der Waals surface area (Å²) in [5.41, 5.74) is 19.2. The molecule has 1 atom stereocenters. The van der Waals surface area contributed by atoms with E-state index in [0.29, 0.717) is 23.9 Å². The summed E-state index contributed by atoms with van der Waals surface area (Å²) < 4.78 is 7.56. The van der Waals surface area contributed by atoms with Gasteiger partial charge in [-0.25, -0.2) is 15.0 Å². The molecule has 6 heteroatoms. The second kappa shape index (κ2) is 21.2. The number of nitrogens with zero attached hydrogens (tertiary/aromatic N) is 4. The molecule has 17 rings (SSSR count). The Kier molecular flexibility index (Phi) is 12.4. The predicted octanol–water partition coefficient (Wildman–Crippen LogP) is 22.4. The summed E-state index contributed by atoms with van der Waals surface area (Å²) in [4.78, 5) is 16.7. The van der Waals surface area contributed by atoms with E-state index in [4.69, 9.17) is 15.0 Å². The number of hydrogen-bond donors (Lipinski definition) is 0. The minimum Gasteiger partial charge on any atom is -0.312 e. The van der Waals surface area contributed by atoms with Crippen molar-refractivity contribution >= 4 is 102 Å². The monoisotopic (exact) mass is 1140 g/mol. The molecule has 0 spiro atoms. The highest BCUT2D eigenvalue weighted by atomic mass is 32.1. The zero-order chi connectivity index (χ0) is 57.4. The minimum atomic E-state index is -0.170. The van der Waals surface area contributed by atoms with Gasteiger partial charge in [-0.3, -0.25) is 0 Å². The van der Waals surface area contributed by atoms with Crippen LogP contribution in [0.2, 0.25) is 0 Å². The summed E-state index contributed by atoms with van der Waals surface area (Å²) in [6, 6.07) is 106. The third-order valence-electron chi connectivity index (χ3n) is 17.5. The maximum absolute atomic E-state index is 5.61. The summed E-state index contributed by atoms with van der Waals surface area (Å²) in [5, 5.41) is 7.35. The Morgan fingerprint density at radius 3 is 1.11 bits per heavy atom. The fraction of sp³-hybridized carbons (Fsp3) is 0.0247. The lowest BCUT2D eigenvalue weighted by Crippen LogP contribution is -2.16. The third-order valence-corrected chi connectivity index (χ3v) is 19.7. The van der Waals surface area contributed by atoms with E-state index in [1.807, 2.05) is 22.7 Å². The highest BCUT2D eigenvalue weighted by molar-refractivity contribution is 7.26. The molecule has 4 heterocycles. The summed E-state index contributed by atoms with van der Waals surface area (Å²) in [6.45, 7) is 0. The molecule has 0 aliphatic heterocycles. The minimum absolute atomic E-state index is 0.170. The largest absolute Gasteiger partial charge is 0.312 e. The Morgan fingerprint density at radius 2 is 0.667 bits per heavy atom. The lowest BCUT2D eigenvalue weighted by Gasteiger charge is -2.31. The van der Waals surface area contributed by atoms with Crippen LogP contribution in [0.3, 0.4) is 0 Å². The number of rotatable bonds is 10. The van der Waals surface area contributed by atoms with E-state index in [1.54, 1.807) is 0 Å². The van der Waals surface area contributed by atoms with Gasteiger partial charge in [-0.15, -0.1) is 22.7 Å². The molecule has 12 aromatic carbocycles. The Bertz CT molecular complexity index is 5120. The van der Waals surface area contributed by atoms with Crippen LogP contribution < -0.4 is 0 Å². The van der Waals surface area contributed by atoms with Gasteiger partial charge in [0.1, 0.15) is 0 Å². The molecule has 0 N–H and O–H groups in total. The fourth-order valence-corrected chi connectivity index (χ4v) is 15.6. The molecule has 0 radical (unpaired) electrons. The van der Waals surface area contributed by atoms with Gasteiger partial charge in [0.15, 0.2) is 17.5 Å². The van der Waals surface area contributed by atoms with Crippen molar-refractivity contribution in [3.8, 4) is 67.3 Å². The van der Waals surface area contributed by atoms with E-state index in [1.165, 1.54) is 95.8 Å². The first kappa shape index (κ1) is 50.8. The highest BCUT2D eigenvalue weighted by Crippen LogP contribution is 2.52. The number of hydrogen-bond acceptors (Lipinski definition) is 5. The maximum atomic E-state index is 5.61. The first-order valence-corrected chi connectivity index (χ1v) is 31.3. The van der Waals surface area contributed by atoms with Gasteiger partial charge in [-0.1, -0.05) is 243 Å². The molecule has 4 aromatic heterocycles. The van der Waals surface area contributed by atoms with Gasteiger partial charge >= 0.3 is 0 Å². The second-order valence-corrected chi connectivity index (χ2v) is 24.7. The summed E-state index contributed by atoms with van der Waals surface area (Å²) in [5.74, 6) is 1.78. The number of benzene rings is 12. The average molecular weight is 1150 g/mol. The van der Waals surface area contributed by atoms with E-state index in [9.17, 15) is 0 Å². The molecule has 1 aliphatic rings. The molecule has 1 unspecified atom stereocenters. The van der Waals surface area contributed by atoms with Crippen molar-refractivity contribution in [3.05, 3.63) is 314 Å². The van der Waals surface area contributed by atoms with E-state index in [0.717, 1.165) is 50.0 Å². The Morgan fingerprint density at radius 1 is 0.299 bits per heavy atom. The van der Waals surface area contributed by atoms with Crippen molar-refractivity contribution in [1.29, 1.82) is 0 Å². The number of allylic oxidation sites excluding steroid dienone is 4. The Balaban J connectivity index is 0.975. The lowest BCUT2D eigenvalue weighted by molar-refractivity contribution is 0.835. The Hall–Kier alpha value is -10.6. The molecule has 0 amide bonds. The van der Waals surface area contributed by atoms with Gasteiger partial charge in [-0.05, 0) is 122 Å². The van der Waals surface area contributed by atoms with E-state index in [-0.39, 0.29) is 5.92 Å². The van der Waals surface area contributed by atoms with Gasteiger partial charge in [0.05, 0.1) is 11.0 Å². The first-order valence-electron chi connectivity index (χ1n) is 29.6. The first-order chi connectivity index (χ1) is 43.1. The molecule has 0 saturated carbocycles. The van der Waals surface area contributed by atoms with E-state index < -0.39 is 0 Å². The maximum Gasteiger partial charge on any atom is 0.164 e. The standard InChI is InChI=1S/C81H52N4S2/c1-7-23-51(24-8-1)64-47-70-71-48-65(52-25-9-2-10-26-52)67(54-29-13-4-14-30-54)50-73(71)85(72(70)49-66(64)53-27-11-3-12-28-53)78-68(55-31-15-5-16-32-55)43-59(44-69(78)56-33-17-6-18-34-56)81-83-79(57-39-41-62-60-35-19-21-37-74(60)86-76(62)45-57)82-80(84-81)58-40-42-63-61-36-20-22-38-75(61)87-77(63)46-58/h1-43,45-50,69H,44H2. The predicted molar refractivity (Wildman–Crippen MR) is 369 cm³/mol. The fourth-order valence-electron chi connectivity index (χ4n) is 13.4. The average Bonchev–Trinajstić information content (AvgIpc) is 1.86. The number of thiophene rings is 2. The van der Waals surface area contributed by atoms with Crippen molar-refractivity contribution < 1.29 is 0 Å². The lowest BCUT2D eigenvalue weighted by atomic mass is 9.80. The second-order valence-electron chi connectivity index (χ2n) is 22.6. The van der Waals surface area contributed by atoms with Crippen LogP contribution >= 0.6 is 22.7 Å². The molecule has 0 fully saturated rings. The molecule has 408 valence electrons. The smallest absolute Gasteiger partial charge is 0.164 e. The highest BCUT2D eigenvalue weighted by Gasteiger charge is 2.33. The van der Waals surface area contributed by atoms with Crippen LogP contribution in [0.5, 0.6) is 0 Å².